The standard InChI is InChI=1S/C26H38FN3O/c27-24-6-4-19(5-7-24)11-20-3-1-9-30(18-20)10-2-8-28-25(31)29-26-15-21-12-22(16-26)14-23(13-21)17-26/h4-7,20-23H,1-3,8-18H2,(H2,28,29,31). The lowest BCUT2D eigenvalue weighted by molar-refractivity contribution is -0.0135. The lowest BCUT2D eigenvalue weighted by atomic mass is 9.53. The highest BCUT2D eigenvalue weighted by Gasteiger charge is 2.51. The monoisotopic (exact) mass is 427 g/mol. The molecule has 4 aliphatic carbocycles. The highest BCUT2D eigenvalue weighted by molar-refractivity contribution is 5.74. The molecular weight excluding hydrogens is 389 g/mol. The number of carbonyl (C=O) groups excluding carboxylic acids is 1. The summed E-state index contributed by atoms with van der Waals surface area (Å²) < 4.78 is 13.1. The molecule has 5 aliphatic rings. The van der Waals surface area contributed by atoms with E-state index >= 15 is 0 Å². The molecule has 2 amide bonds. The summed E-state index contributed by atoms with van der Waals surface area (Å²) in [4.78, 5) is 15.1. The van der Waals surface area contributed by atoms with Gasteiger partial charge in [-0.05, 0) is 119 Å². The van der Waals surface area contributed by atoms with Crippen molar-refractivity contribution in [2.45, 2.75) is 69.7 Å². The second-order valence-corrected chi connectivity index (χ2v) is 11.1. The zero-order valence-electron chi connectivity index (χ0n) is 18.8. The third-order valence-corrected chi connectivity index (χ3v) is 8.39. The van der Waals surface area contributed by atoms with Crippen LogP contribution in [-0.4, -0.2) is 42.6 Å². The maximum absolute atomic E-state index is 13.1. The minimum absolute atomic E-state index is 0.0507. The quantitative estimate of drug-likeness (QED) is 0.618. The van der Waals surface area contributed by atoms with Gasteiger partial charge < -0.3 is 15.5 Å². The summed E-state index contributed by atoms with van der Waals surface area (Å²) >= 11 is 0. The molecule has 5 heteroatoms. The van der Waals surface area contributed by atoms with Crippen molar-refractivity contribution < 1.29 is 9.18 Å². The summed E-state index contributed by atoms with van der Waals surface area (Å²) in [5.41, 5.74) is 1.33. The Bertz CT molecular complexity index is 729. The van der Waals surface area contributed by atoms with E-state index < -0.39 is 0 Å². The van der Waals surface area contributed by atoms with Crippen molar-refractivity contribution in [3.63, 3.8) is 0 Å². The zero-order chi connectivity index (χ0) is 21.3. The fourth-order valence-corrected chi connectivity index (χ4v) is 7.53. The van der Waals surface area contributed by atoms with Crippen LogP contribution in [0.5, 0.6) is 0 Å². The van der Waals surface area contributed by atoms with Crippen LogP contribution in [0.2, 0.25) is 0 Å². The van der Waals surface area contributed by atoms with Crippen molar-refractivity contribution in [3.8, 4) is 0 Å². The third-order valence-electron chi connectivity index (χ3n) is 8.39. The molecule has 1 aromatic carbocycles. The molecule has 0 spiro atoms. The number of rotatable bonds is 7. The fraction of sp³-hybridized carbons (Fsp3) is 0.731. The van der Waals surface area contributed by atoms with Crippen LogP contribution in [0.4, 0.5) is 9.18 Å². The fourth-order valence-electron chi connectivity index (χ4n) is 7.53. The molecule has 1 aliphatic heterocycles. The number of carbonyl (C=O) groups is 1. The average Bonchev–Trinajstić information content (AvgIpc) is 2.72. The molecular formula is C26H38FN3O. The van der Waals surface area contributed by atoms with E-state index in [-0.39, 0.29) is 17.4 Å². The van der Waals surface area contributed by atoms with E-state index in [1.807, 2.05) is 12.1 Å². The Morgan fingerprint density at radius 1 is 1.06 bits per heavy atom. The summed E-state index contributed by atoms with van der Waals surface area (Å²) in [7, 11) is 0. The second kappa shape index (κ2) is 9.09. The van der Waals surface area contributed by atoms with Crippen LogP contribution < -0.4 is 10.6 Å². The summed E-state index contributed by atoms with van der Waals surface area (Å²) in [6.45, 7) is 4.05. The second-order valence-electron chi connectivity index (χ2n) is 11.1. The molecule has 1 unspecified atom stereocenters. The molecule has 0 aromatic heterocycles. The third kappa shape index (κ3) is 5.24. The van der Waals surface area contributed by atoms with Crippen LogP contribution in [0.25, 0.3) is 0 Å². The Hall–Kier alpha value is -1.62. The Balaban J connectivity index is 1.01. The van der Waals surface area contributed by atoms with Gasteiger partial charge in [0.2, 0.25) is 0 Å². The summed E-state index contributed by atoms with van der Waals surface area (Å²) in [5.74, 6) is 3.05. The first kappa shape index (κ1) is 21.2. The van der Waals surface area contributed by atoms with Gasteiger partial charge in [0.1, 0.15) is 5.82 Å². The molecule has 1 aromatic rings. The smallest absolute Gasteiger partial charge is 0.315 e. The van der Waals surface area contributed by atoms with Gasteiger partial charge >= 0.3 is 6.03 Å². The van der Waals surface area contributed by atoms with E-state index in [0.717, 1.165) is 56.8 Å². The molecule has 4 saturated carbocycles. The maximum Gasteiger partial charge on any atom is 0.315 e. The Kier molecular flexibility index (Phi) is 6.23. The van der Waals surface area contributed by atoms with Crippen molar-refractivity contribution in [3.05, 3.63) is 35.6 Å². The van der Waals surface area contributed by atoms with Crippen LogP contribution in [0.1, 0.15) is 63.4 Å². The first-order chi connectivity index (χ1) is 15.1. The van der Waals surface area contributed by atoms with E-state index in [2.05, 4.69) is 15.5 Å². The van der Waals surface area contributed by atoms with E-state index in [1.165, 1.54) is 56.9 Å². The highest BCUT2D eigenvalue weighted by Crippen LogP contribution is 2.55. The lowest BCUT2D eigenvalue weighted by Gasteiger charge is -2.56. The van der Waals surface area contributed by atoms with Crippen LogP contribution in [-0.2, 0) is 6.42 Å². The van der Waals surface area contributed by atoms with E-state index in [1.54, 1.807) is 12.1 Å². The summed E-state index contributed by atoms with van der Waals surface area (Å²) in [5, 5.41) is 6.55. The molecule has 0 radical (unpaired) electrons. The Labute approximate surface area is 186 Å². The Morgan fingerprint density at radius 2 is 1.74 bits per heavy atom. The van der Waals surface area contributed by atoms with Gasteiger partial charge in [-0.25, -0.2) is 9.18 Å². The molecule has 2 N–H and O–H groups in total. The van der Waals surface area contributed by atoms with Gasteiger partial charge in [0.05, 0.1) is 0 Å². The van der Waals surface area contributed by atoms with Gasteiger partial charge in [-0.1, -0.05) is 12.1 Å². The molecule has 1 heterocycles. The van der Waals surface area contributed by atoms with E-state index in [0.29, 0.717) is 5.92 Å². The zero-order valence-corrected chi connectivity index (χ0v) is 18.8. The summed E-state index contributed by atoms with van der Waals surface area (Å²) in [6.07, 6.45) is 12.3. The number of benzene rings is 1. The minimum Gasteiger partial charge on any atom is -0.338 e. The van der Waals surface area contributed by atoms with Gasteiger partial charge in [-0.3, -0.25) is 0 Å². The topological polar surface area (TPSA) is 44.4 Å². The minimum atomic E-state index is -0.159. The first-order valence-corrected chi connectivity index (χ1v) is 12.6. The lowest BCUT2D eigenvalue weighted by Crippen LogP contribution is -2.61. The van der Waals surface area contributed by atoms with Crippen LogP contribution >= 0.6 is 0 Å². The SMILES string of the molecule is O=C(NCCCN1CCCC(Cc2ccc(F)cc2)C1)NC12CC3CC(CC(C3)C1)C2. The molecule has 6 rings (SSSR count). The first-order valence-electron chi connectivity index (χ1n) is 12.6. The van der Waals surface area contributed by atoms with Crippen LogP contribution in [0, 0.1) is 29.5 Å². The van der Waals surface area contributed by atoms with Gasteiger partial charge in [0.15, 0.2) is 0 Å². The number of nitrogens with one attached hydrogen (secondary N) is 2. The van der Waals surface area contributed by atoms with Gasteiger partial charge in [-0.2, -0.15) is 0 Å². The number of hydrogen-bond donors (Lipinski definition) is 2. The van der Waals surface area contributed by atoms with Crippen LogP contribution in [0.3, 0.4) is 0 Å². The number of hydrogen-bond acceptors (Lipinski definition) is 2. The van der Waals surface area contributed by atoms with Crippen molar-refractivity contribution in [2.24, 2.45) is 23.7 Å². The maximum atomic E-state index is 13.1. The van der Waals surface area contributed by atoms with E-state index in [4.69, 9.17) is 0 Å². The van der Waals surface area contributed by atoms with Crippen molar-refractivity contribution in [2.75, 3.05) is 26.2 Å². The average molecular weight is 428 g/mol. The number of piperidine rings is 1. The summed E-state index contributed by atoms with van der Waals surface area (Å²) in [6, 6.07) is 7.02. The molecule has 1 saturated heterocycles. The number of halogens is 1. The molecule has 4 nitrogen and oxygen atoms in total. The van der Waals surface area contributed by atoms with Crippen LogP contribution in [0.15, 0.2) is 24.3 Å². The molecule has 31 heavy (non-hydrogen) atoms. The number of urea groups is 1. The normalized spacial score (nSPS) is 34.6. The Morgan fingerprint density at radius 3 is 2.42 bits per heavy atom. The van der Waals surface area contributed by atoms with Crippen molar-refractivity contribution in [1.82, 2.24) is 15.5 Å². The predicted molar refractivity (Wildman–Crippen MR) is 121 cm³/mol. The largest absolute Gasteiger partial charge is 0.338 e. The predicted octanol–water partition coefficient (Wildman–Crippen LogP) is 4.74. The molecule has 5 fully saturated rings. The van der Waals surface area contributed by atoms with Gasteiger partial charge in [0, 0.05) is 18.6 Å². The van der Waals surface area contributed by atoms with Gasteiger partial charge in [-0.15, -0.1) is 0 Å². The molecule has 4 bridgehead atoms. The van der Waals surface area contributed by atoms with Crippen molar-refractivity contribution in [1.29, 1.82) is 0 Å². The number of likely N-dealkylation sites (tertiary alicyclic amines) is 1. The molecule has 1 atom stereocenters. The van der Waals surface area contributed by atoms with Crippen molar-refractivity contribution >= 4 is 6.03 Å². The molecule has 170 valence electrons. The van der Waals surface area contributed by atoms with E-state index in [9.17, 15) is 9.18 Å². The van der Waals surface area contributed by atoms with Gasteiger partial charge in [0.25, 0.3) is 0 Å². The number of nitrogens with zero attached hydrogens (tertiary/aromatic N) is 1. The highest BCUT2D eigenvalue weighted by atomic mass is 19.1. The number of amides is 2.